The van der Waals surface area contributed by atoms with Crippen LogP contribution in [0.3, 0.4) is 0 Å². The van der Waals surface area contributed by atoms with Crippen LogP contribution >= 0.6 is 0 Å². The third-order valence-electron chi connectivity index (χ3n) is 4.16. The summed E-state index contributed by atoms with van der Waals surface area (Å²) in [6.45, 7) is 8.21. The molecule has 19 heavy (non-hydrogen) atoms. The molecule has 2 aliphatic rings. The van der Waals surface area contributed by atoms with E-state index in [9.17, 15) is 4.79 Å². The SMILES string of the molecule is CCC1NC(CC(C)C)C(=O)N1CCC1CCCO1. The molecule has 3 unspecified atom stereocenters. The average Bonchev–Trinajstić information content (AvgIpc) is 2.96. The predicted molar refractivity (Wildman–Crippen MR) is 75.8 cm³/mol. The molecule has 2 rings (SSSR count). The summed E-state index contributed by atoms with van der Waals surface area (Å²) in [6.07, 6.45) is 5.81. The fourth-order valence-electron chi connectivity index (χ4n) is 3.15. The summed E-state index contributed by atoms with van der Waals surface area (Å²) in [7, 11) is 0. The van der Waals surface area contributed by atoms with Gasteiger partial charge >= 0.3 is 0 Å². The number of rotatable bonds is 6. The molecular weight excluding hydrogens is 240 g/mol. The summed E-state index contributed by atoms with van der Waals surface area (Å²) in [5, 5.41) is 3.48. The first-order valence-electron chi connectivity index (χ1n) is 7.80. The third kappa shape index (κ3) is 3.69. The Kier molecular flexibility index (Phi) is 5.22. The lowest BCUT2D eigenvalue weighted by Gasteiger charge is -2.24. The van der Waals surface area contributed by atoms with Gasteiger partial charge in [-0.15, -0.1) is 0 Å². The van der Waals surface area contributed by atoms with Crippen molar-refractivity contribution in [3.8, 4) is 0 Å². The lowest BCUT2D eigenvalue weighted by atomic mass is 10.0. The first-order chi connectivity index (χ1) is 9.11. The van der Waals surface area contributed by atoms with E-state index >= 15 is 0 Å². The number of carbonyl (C=O) groups is 1. The minimum Gasteiger partial charge on any atom is -0.378 e. The van der Waals surface area contributed by atoms with Gasteiger partial charge < -0.3 is 9.64 Å². The van der Waals surface area contributed by atoms with E-state index in [0.717, 1.165) is 38.8 Å². The summed E-state index contributed by atoms with van der Waals surface area (Å²) in [5.41, 5.74) is 0. The second kappa shape index (κ2) is 6.71. The number of hydrogen-bond donors (Lipinski definition) is 1. The highest BCUT2D eigenvalue weighted by atomic mass is 16.5. The van der Waals surface area contributed by atoms with Gasteiger partial charge in [-0.05, 0) is 38.0 Å². The van der Waals surface area contributed by atoms with Crippen molar-refractivity contribution >= 4 is 5.91 Å². The van der Waals surface area contributed by atoms with Crippen LogP contribution in [0.4, 0.5) is 0 Å². The maximum Gasteiger partial charge on any atom is 0.241 e. The van der Waals surface area contributed by atoms with Gasteiger partial charge in [-0.2, -0.15) is 0 Å². The second-order valence-corrected chi connectivity index (χ2v) is 6.23. The highest BCUT2D eigenvalue weighted by Gasteiger charge is 2.37. The van der Waals surface area contributed by atoms with Crippen molar-refractivity contribution in [1.29, 1.82) is 0 Å². The molecule has 0 saturated carbocycles. The summed E-state index contributed by atoms with van der Waals surface area (Å²) in [4.78, 5) is 14.5. The van der Waals surface area contributed by atoms with Crippen molar-refractivity contribution in [2.24, 2.45) is 5.92 Å². The van der Waals surface area contributed by atoms with E-state index < -0.39 is 0 Å². The van der Waals surface area contributed by atoms with Crippen molar-refractivity contribution in [1.82, 2.24) is 10.2 Å². The molecule has 2 saturated heterocycles. The van der Waals surface area contributed by atoms with Gasteiger partial charge in [-0.1, -0.05) is 20.8 Å². The van der Waals surface area contributed by atoms with E-state index in [1.165, 1.54) is 6.42 Å². The molecule has 2 heterocycles. The normalized spacial score (nSPS) is 31.7. The van der Waals surface area contributed by atoms with E-state index in [4.69, 9.17) is 4.74 Å². The predicted octanol–water partition coefficient (Wildman–Crippen LogP) is 2.14. The summed E-state index contributed by atoms with van der Waals surface area (Å²) >= 11 is 0. The summed E-state index contributed by atoms with van der Waals surface area (Å²) < 4.78 is 5.65. The van der Waals surface area contributed by atoms with Gasteiger partial charge in [0.15, 0.2) is 0 Å². The zero-order chi connectivity index (χ0) is 13.8. The molecule has 3 atom stereocenters. The largest absolute Gasteiger partial charge is 0.378 e. The van der Waals surface area contributed by atoms with E-state index in [-0.39, 0.29) is 12.2 Å². The van der Waals surface area contributed by atoms with E-state index in [1.54, 1.807) is 0 Å². The van der Waals surface area contributed by atoms with Crippen LogP contribution in [0.1, 0.15) is 52.9 Å². The lowest BCUT2D eigenvalue weighted by Crippen LogP contribution is -2.38. The molecule has 0 aromatic carbocycles. The van der Waals surface area contributed by atoms with Crippen molar-refractivity contribution in [2.45, 2.75) is 71.2 Å². The maximum absolute atomic E-state index is 12.4. The maximum atomic E-state index is 12.4. The Balaban J connectivity index is 1.87. The summed E-state index contributed by atoms with van der Waals surface area (Å²) in [6, 6.07) is 0.0226. The molecule has 0 radical (unpaired) electrons. The standard InChI is InChI=1S/C15H28N2O2/c1-4-14-16-13(10-11(2)3)15(18)17(14)8-7-12-6-5-9-19-12/h11-14,16H,4-10H2,1-3H3. The van der Waals surface area contributed by atoms with Crippen LogP contribution < -0.4 is 5.32 Å². The van der Waals surface area contributed by atoms with Crippen molar-refractivity contribution in [3.05, 3.63) is 0 Å². The first-order valence-corrected chi connectivity index (χ1v) is 7.80. The number of ether oxygens (including phenoxy) is 1. The van der Waals surface area contributed by atoms with Gasteiger partial charge in [-0.3, -0.25) is 10.1 Å². The molecule has 1 N–H and O–H groups in total. The lowest BCUT2D eigenvalue weighted by molar-refractivity contribution is -0.130. The Bertz CT molecular complexity index is 301. The van der Waals surface area contributed by atoms with E-state index in [1.807, 2.05) is 4.90 Å². The van der Waals surface area contributed by atoms with Crippen molar-refractivity contribution < 1.29 is 9.53 Å². The van der Waals surface area contributed by atoms with Gasteiger partial charge in [0, 0.05) is 13.2 Å². The Hall–Kier alpha value is -0.610. The smallest absolute Gasteiger partial charge is 0.241 e. The molecule has 1 amide bonds. The molecule has 0 bridgehead atoms. The minimum absolute atomic E-state index is 0.0226. The zero-order valence-corrected chi connectivity index (χ0v) is 12.5. The third-order valence-corrected chi connectivity index (χ3v) is 4.16. The van der Waals surface area contributed by atoms with Crippen LogP contribution in [0.5, 0.6) is 0 Å². The number of nitrogens with one attached hydrogen (secondary N) is 1. The molecule has 110 valence electrons. The Morgan fingerprint density at radius 3 is 2.84 bits per heavy atom. The minimum atomic E-state index is 0.0226. The topological polar surface area (TPSA) is 41.6 Å². The first kappa shape index (κ1) is 14.8. The monoisotopic (exact) mass is 268 g/mol. The summed E-state index contributed by atoms with van der Waals surface area (Å²) in [5.74, 6) is 0.843. The van der Waals surface area contributed by atoms with E-state index in [0.29, 0.717) is 17.9 Å². The molecular formula is C15H28N2O2. The molecule has 0 aliphatic carbocycles. The number of carbonyl (C=O) groups excluding carboxylic acids is 1. The van der Waals surface area contributed by atoms with Gasteiger partial charge in [0.1, 0.15) is 0 Å². The molecule has 4 nitrogen and oxygen atoms in total. The Morgan fingerprint density at radius 1 is 1.47 bits per heavy atom. The van der Waals surface area contributed by atoms with Crippen LogP contribution in [0.2, 0.25) is 0 Å². The van der Waals surface area contributed by atoms with Gasteiger partial charge in [0.25, 0.3) is 0 Å². The highest BCUT2D eigenvalue weighted by molar-refractivity contribution is 5.84. The molecule has 2 fully saturated rings. The van der Waals surface area contributed by atoms with Gasteiger partial charge in [-0.25, -0.2) is 0 Å². The average molecular weight is 268 g/mol. The second-order valence-electron chi connectivity index (χ2n) is 6.23. The number of amides is 1. The number of hydrogen-bond acceptors (Lipinski definition) is 3. The van der Waals surface area contributed by atoms with Gasteiger partial charge in [0.2, 0.25) is 5.91 Å². The fraction of sp³-hybridized carbons (Fsp3) is 0.933. The molecule has 2 aliphatic heterocycles. The van der Waals surface area contributed by atoms with Crippen LogP contribution in [0, 0.1) is 5.92 Å². The molecule has 0 aromatic heterocycles. The quantitative estimate of drug-likeness (QED) is 0.802. The molecule has 0 aromatic rings. The number of nitrogens with zero attached hydrogens (tertiary/aromatic N) is 1. The van der Waals surface area contributed by atoms with Crippen molar-refractivity contribution in [3.63, 3.8) is 0 Å². The highest BCUT2D eigenvalue weighted by Crippen LogP contribution is 2.21. The Morgan fingerprint density at radius 2 is 2.26 bits per heavy atom. The Labute approximate surface area is 116 Å². The fourth-order valence-corrected chi connectivity index (χ4v) is 3.15. The molecule has 0 spiro atoms. The van der Waals surface area contributed by atoms with Crippen LogP contribution in [0.15, 0.2) is 0 Å². The molecule has 4 heteroatoms. The zero-order valence-electron chi connectivity index (χ0n) is 12.5. The van der Waals surface area contributed by atoms with Crippen LogP contribution in [-0.4, -0.2) is 42.3 Å². The van der Waals surface area contributed by atoms with Crippen LogP contribution in [-0.2, 0) is 9.53 Å². The van der Waals surface area contributed by atoms with Crippen molar-refractivity contribution in [2.75, 3.05) is 13.2 Å². The van der Waals surface area contributed by atoms with Crippen LogP contribution in [0.25, 0.3) is 0 Å². The van der Waals surface area contributed by atoms with E-state index in [2.05, 4.69) is 26.1 Å². The van der Waals surface area contributed by atoms with Gasteiger partial charge in [0.05, 0.1) is 18.3 Å².